The summed E-state index contributed by atoms with van der Waals surface area (Å²) in [7, 11) is 0. The summed E-state index contributed by atoms with van der Waals surface area (Å²) >= 11 is 0. The highest BCUT2D eigenvalue weighted by atomic mass is 17.5. The van der Waals surface area contributed by atoms with E-state index in [0.29, 0.717) is 13.0 Å². The van der Waals surface area contributed by atoms with Gasteiger partial charge in [0.15, 0.2) is 0 Å². The zero-order valence-corrected chi connectivity index (χ0v) is 5.00. The van der Waals surface area contributed by atoms with Gasteiger partial charge in [-0.25, -0.2) is 4.89 Å². The van der Waals surface area contributed by atoms with Crippen LogP contribution in [0.2, 0.25) is 0 Å². The summed E-state index contributed by atoms with van der Waals surface area (Å²) in [5.74, 6) is -1.18. The van der Waals surface area contributed by atoms with Crippen molar-refractivity contribution in [3.8, 4) is 0 Å². The summed E-state index contributed by atoms with van der Waals surface area (Å²) in [5, 5.41) is 4.16. The lowest BCUT2D eigenvalue weighted by molar-refractivity contribution is -0.534. The third kappa shape index (κ3) is 2.25. The third-order valence-corrected chi connectivity index (χ3v) is 1.03. The Kier molecular flexibility index (Phi) is 1.99. The molecule has 1 fully saturated rings. The molecule has 0 aliphatic carbocycles. The van der Waals surface area contributed by atoms with Gasteiger partial charge in [0, 0.05) is 6.42 Å². The topological polar surface area (TPSA) is 79.7 Å². The van der Waals surface area contributed by atoms with Crippen molar-refractivity contribution >= 4 is 0 Å². The summed E-state index contributed by atoms with van der Waals surface area (Å²) < 4.78 is 0. The van der Waals surface area contributed by atoms with Gasteiger partial charge >= 0.3 is 0 Å². The Morgan fingerprint density at radius 1 is 1.33 bits per heavy atom. The molecule has 0 aromatic rings. The second-order valence-electron chi connectivity index (χ2n) is 2.03. The van der Waals surface area contributed by atoms with Gasteiger partial charge in [0.05, 0.1) is 6.61 Å². The van der Waals surface area contributed by atoms with Crippen LogP contribution in [0, 0.1) is 0 Å². The van der Waals surface area contributed by atoms with Gasteiger partial charge < -0.3 is 0 Å². The van der Waals surface area contributed by atoms with Crippen molar-refractivity contribution in [2.24, 2.45) is 11.5 Å². The lowest BCUT2D eigenvalue weighted by atomic mass is 10.2. The van der Waals surface area contributed by atoms with Crippen molar-refractivity contribution < 1.29 is 14.8 Å². The minimum Gasteiger partial charge on any atom is -0.288 e. The fourth-order valence-electron chi connectivity index (χ4n) is 0.570. The molecule has 5 heteroatoms. The SMILES string of the molecule is NC1(N)CCCOOO1. The highest BCUT2D eigenvalue weighted by Gasteiger charge is 2.23. The van der Waals surface area contributed by atoms with Crippen molar-refractivity contribution in [1.29, 1.82) is 0 Å². The minimum atomic E-state index is -1.18. The molecule has 54 valence electrons. The molecule has 0 aromatic carbocycles. The van der Waals surface area contributed by atoms with E-state index in [1.165, 1.54) is 0 Å². The van der Waals surface area contributed by atoms with Crippen molar-refractivity contribution in [1.82, 2.24) is 0 Å². The van der Waals surface area contributed by atoms with E-state index in [2.05, 4.69) is 14.8 Å². The monoisotopic (exact) mass is 134 g/mol. The Morgan fingerprint density at radius 3 is 2.89 bits per heavy atom. The van der Waals surface area contributed by atoms with Crippen molar-refractivity contribution in [3.63, 3.8) is 0 Å². The fourth-order valence-corrected chi connectivity index (χ4v) is 0.570. The van der Waals surface area contributed by atoms with Crippen LogP contribution in [0.15, 0.2) is 0 Å². The van der Waals surface area contributed by atoms with E-state index in [1.54, 1.807) is 0 Å². The molecule has 1 rings (SSSR count). The quantitative estimate of drug-likeness (QED) is 0.336. The first-order chi connectivity index (χ1) is 4.21. The number of rotatable bonds is 0. The standard InChI is InChI=1S/C4H10N2O3/c5-4(6)2-1-3-7-9-8-4/h1-3,5-6H2. The average Bonchev–Trinajstić information content (AvgIpc) is 1.92. The van der Waals surface area contributed by atoms with Crippen LogP contribution in [-0.2, 0) is 14.8 Å². The molecule has 9 heavy (non-hydrogen) atoms. The molecule has 0 bridgehead atoms. The smallest absolute Gasteiger partial charge is 0.206 e. The van der Waals surface area contributed by atoms with Crippen LogP contribution in [0.3, 0.4) is 0 Å². The van der Waals surface area contributed by atoms with Gasteiger partial charge in [0.1, 0.15) is 0 Å². The molecule has 5 nitrogen and oxygen atoms in total. The Hall–Kier alpha value is -0.200. The molecule has 0 saturated carbocycles. The normalized spacial score (nSPS) is 27.3. The molecule has 0 aromatic heterocycles. The second kappa shape index (κ2) is 2.59. The van der Waals surface area contributed by atoms with Crippen LogP contribution < -0.4 is 11.5 Å². The molecular weight excluding hydrogens is 124 g/mol. The van der Waals surface area contributed by atoms with Gasteiger partial charge in [0.25, 0.3) is 0 Å². The molecule has 4 N–H and O–H groups in total. The van der Waals surface area contributed by atoms with E-state index >= 15 is 0 Å². The Bertz CT molecular complexity index is 85.8. The minimum absolute atomic E-state index is 0.468. The summed E-state index contributed by atoms with van der Waals surface area (Å²) in [6, 6.07) is 0. The molecular formula is C4H10N2O3. The molecule has 0 radical (unpaired) electrons. The van der Waals surface area contributed by atoms with E-state index in [0.717, 1.165) is 6.42 Å². The molecule has 1 saturated heterocycles. The van der Waals surface area contributed by atoms with E-state index < -0.39 is 5.85 Å². The van der Waals surface area contributed by atoms with Crippen LogP contribution >= 0.6 is 0 Å². The lowest BCUT2D eigenvalue weighted by Gasteiger charge is -2.17. The summed E-state index contributed by atoms with van der Waals surface area (Å²) in [5.41, 5.74) is 10.7. The second-order valence-corrected chi connectivity index (χ2v) is 2.03. The maximum Gasteiger partial charge on any atom is 0.206 e. The largest absolute Gasteiger partial charge is 0.288 e. The van der Waals surface area contributed by atoms with Crippen LogP contribution in [0.5, 0.6) is 0 Å². The van der Waals surface area contributed by atoms with E-state index in [9.17, 15) is 0 Å². The van der Waals surface area contributed by atoms with Gasteiger partial charge in [-0.05, 0) is 6.42 Å². The fraction of sp³-hybridized carbons (Fsp3) is 1.00. The molecule has 0 amide bonds. The number of nitrogens with two attached hydrogens (primary N) is 2. The van der Waals surface area contributed by atoms with E-state index in [4.69, 9.17) is 11.5 Å². The molecule has 0 spiro atoms. The zero-order chi connectivity index (χ0) is 6.74. The maximum absolute atomic E-state index is 5.33. The summed E-state index contributed by atoms with van der Waals surface area (Å²) in [6.07, 6.45) is 1.28. The predicted octanol–water partition coefficient (Wildman–Crippen LogP) is -0.769. The van der Waals surface area contributed by atoms with E-state index in [1.807, 2.05) is 0 Å². The maximum atomic E-state index is 5.33. The van der Waals surface area contributed by atoms with Gasteiger partial charge in [-0.3, -0.25) is 11.5 Å². The summed E-state index contributed by atoms with van der Waals surface area (Å²) in [6.45, 7) is 0.468. The van der Waals surface area contributed by atoms with Gasteiger partial charge in [-0.2, -0.15) is 4.89 Å². The van der Waals surface area contributed by atoms with Crippen LogP contribution in [0.25, 0.3) is 0 Å². The van der Waals surface area contributed by atoms with Gasteiger partial charge in [-0.15, -0.1) is 0 Å². The molecule has 0 unspecified atom stereocenters. The molecule has 1 aliphatic rings. The van der Waals surface area contributed by atoms with E-state index in [-0.39, 0.29) is 0 Å². The molecule has 1 heterocycles. The van der Waals surface area contributed by atoms with Crippen molar-refractivity contribution in [3.05, 3.63) is 0 Å². The Balaban J connectivity index is 2.36. The zero-order valence-electron chi connectivity index (χ0n) is 5.00. The van der Waals surface area contributed by atoms with Crippen molar-refractivity contribution in [2.75, 3.05) is 6.61 Å². The number of hydrogen-bond donors (Lipinski definition) is 2. The highest BCUT2D eigenvalue weighted by Crippen LogP contribution is 2.09. The average molecular weight is 134 g/mol. The molecule has 0 atom stereocenters. The van der Waals surface area contributed by atoms with Crippen LogP contribution in [0.4, 0.5) is 0 Å². The predicted molar refractivity (Wildman–Crippen MR) is 28.5 cm³/mol. The Labute approximate surface area is 52.7 Å². The highest BCUT2D eigenvalue weighted by molar-refractivity contribution is 4.62. The van der Waals surface area contributed by atoms with Crippen LogP contribution in [-0.4, -0.2) is 12.5 Å². The van der Waals surface area contributed by atoms with Gasteiger partial charge in [-0.1, -0.05) is 5.04 Å². The Morgan fingerprint density at radius 2 is 2.11 bits per heavy atom. The van der Waals surface area contributed by atoms with Crippen LogP contribution in [0.1, 0.15) is 12.8 Å². The lowest BCUT2D eigenvalue weighted by Crippen LogP contribution is -2.51. The first-order valence-electron chi connectivity index (χ1n) is 2.76. The molecule has 1 aliphatic heterocycles. The van der Waals surface area contributed by atoms with Gasteiger partial charge in [0.2, 0.25) is 5.85 Å². The third-order valence-electron chi connectivity index (χ3n) is 1.03. The van der Waals surface area contributed by atoms with Crippen molar-refractivity contribution in [2.45, 2.75) is 18.7 Å². The number of hydrogen-bond acceptors (Lipinski definition) is 5. The first kappa shape index (κ1) is 6.91. The summed E-state index contributed by atoms with van der Waals surface area (Å²) in [4.78, 5) is 8.87. The first-order valence-corrected chi connectivity index (χ1v) is 2.76.